The van der Waals surface area contributed by atoms with Gasteiger partial charge in [0, 0.05) is 27.4 Å². The summed E-state index contributed by atoms with van der Waals surface area (Å²) >= 11 is 0. The van der Waals surface area contributed by atoms with Crippen LogP contribution >= 0.6 is 0 Å². The van der Waals surface area contributed by atoms with Crippen LogP contribution in [0.25, 0.3) is 77.2 Å². The lowest BCUT2D eigenvalue weighted by Crippen LogP contribution is -2.12. The Bertz CT molecular complexity index is 2940. The van der Waals surface area contributed by atoms with Gasteiger partial charge in [-0.05, 0) is 86.8 Å². The van der Waals surface area contributed by atoms with E-state index in [9.17, 15) is 0 Å². The number of hydrogen-bond acceptors (Lipinski definition) is 2. The molecule has 10 aromatic rings. The van der Waals surface area contributed by atoms with E-state index in [0.717, 1.165) is 50.1 Å². The summed E-state index contributed by atoms with van der Waals surface area (Å²) in [6.07, 6.45) is 0. The molecule has 0 N–H and O–H groups in total. The third-order valence-electron chi connectivity index (χ3n) is 10.5. The van der Waals surface area contributed by atoms with Gasteiger partial charge in [-0.1, -0.05) is 170 Å². The second-order valence-corrected chi connectivity index (χ2v) is 13.7. The minimum absolute atomic E-state index is 0.876. The Hall–Kier alpha value is -7.16. The van der Waals surface area contributed by atoms with E-state index in [1.807, 2.05) is 12.1 Å². The number of para-hydroxylation sites is 2. The fraction of sp³-hybridized carbons (Fsp3) is 0. The maximum atomic E-state index is 6.31. The van der Waals surface area contributed by atoms with Gasteiger partial charge in [0.2, 0.25) is 0 Å². The Labute approximate surface area is 314 Å². The second kappa shape index (κ2) is 13.4. The van der Waals surface area contributed by atoms with Gasteiger partial charge >= 0.3 is 0 Å². The van der Waals surface area contributed by atoms with Gasteiger partial charge in [0.25, 0.3) is 0 Å². The highest BCUT2D eigenvalue weighted by molar-refractivity contribution is 6.08. The van der Waals surface area contributed by atoms with Gasteiger partial charge in [0.15, 0.2) is 0 Å². The fourth-order valence-electron chi connectivity index (χ4n) is 7.96. The van der Waals surface area contributed by atoms with Gasteiger partial charge in [-0.3, -0.25) is 0 Å². The number of nitrogens with zero attached hydrogens (tertiary/aromatic N) is 1. The Kier molecular flexibility index (Phi) is 7.85. The lowest BCUT2D eigenvalue weighted by Gasteiger charge is -2.30. The Morgan fingerprint density at radius 2 is 0.889 bits per heavy atom. The quantitative estimate of drug-likeness (QED) is 0.166. The molecule has 54 heavy (non-hydrogen) atoms. The fourth-order valence-corrected chi connectivity index (χ4v) is 7.96. The minimum atomic E-state index is 0.876. The molecule has 0 amide bonds. The molecule has 0 aliphatic carbocycles. The topological polar surface area (TPSA) is 16.4 Å². The number of rotatable bonds is 7. The molecule has 0 bridgehead atoms. The predicted octanol–water partition coefficient (Wildman–Crippen LogP) is 14.9. The van der Waals surface area contributed by atoms with Crippen molar-refractivity contribution in [1.82, 2.24) is 0 Å². The Morgan fingerprint density at radius 1 is 0.296 bits per heavy atom. The van der Waals surface area contributed by atoms with E-state index in [1.165, 1.54) is 44.2 Å². The zero-order valence-electron chi connectivity index (χ0n) is 29.6. The summed E-state index contributed by atoms with van der Waals surface area (Å²) in [6, 6.07) is 76.1. The van der Waals surface area contributed by atoms with Crippen molar-refractivity contribution in [3.8, 4) is 44.5 Å². The summed E-state index contributed by atoms with van der Waals surface area (Å²) in [5.74, 6) is 0. The zero-order chi connectivity index (χ0) is 35.8. The van der Waals surface area contributed by atoms with Gasteiger partial charge in [0.1, 0.15) is 11.2 Å². The third kappa shape index (κ3) is 5.53. The molecule has 1 aromatic heterocycles. The number of anilines is 3. The van der Waals surface area contributed by atoms with Crippen molar-refractivity contribution in [2.75, 3.05) is 4.90 Å². The van der Waals surface area contributed by atoms with E-state index in [1.54, 1.807) is 0 Å². The average molecular weight is 690 g/mol. The molecule has 2 nitrogen and oxygen atoms in total. The summed E-state index contributed by atoms with van der Waals surface area (Å²) < 4.78 is 6.31. The van der Waals surface area contributed by atoms with Gasteiger partial charge in [-0.15, -0.1) is 0 Å². The SMILES string of the molecule is c1ccc(-c2ccc(-c3ccccc3-c3ccccc3)c(-c3ccccc3N(c3ccc4oc5ccccc5c4c3)c3cccc4ccccc34)c2)cc1. The molecule has 0 unspecified atom stereocenters. The van der Waals surface area contributed by atoms with Gasteiger partial charge < -0.3 is 9.32 Å². The molecular weight excluding hydrogens is 655 g/mol. The van der Waals surface area contributed by atoms with E-state index >= 15 is 0 Å². The van der Waals surface area contributed by atoms with Crippen LogP contribution in [0, 0.1) is 0 Å². The number of benzene rings is 9. The summed E-state index contributed by atoms with van der Waals surface area (Å²) in [7, 11) is 0. The van der Waals surface area contributed by atoms with E-state index < -0.39 is 0 Å². The van der Waals surface area contributed by atoms with E-state index in [0.29, 0.717) is 0 Å². The molecule has 254 valence electrons. The van der Waals surface area contributed by atoms with Crippen molar-refractivity contribution in [2.24, 2.45) is 0 Å². The first kappa shape index (κ1) is 31.6. The van der Waals surface area contributed by atoms with Gasteiger partial charge in [0.05, 0.1) is 11.4 Å². The van der Waals surface area contributed by atoms with Crippen LogP contribution in [0.15, 0.2) is 217 Å². The molecule has 0 fully saturated rings. The lowest BCUT2D eigenvalue weighted by molar-refractivity contribution is 0.669. The molecule has 0 spiro atoms. The molecule has 0 aliphatic heterocycles. The van der Waals surface area contributed by atoms with Crippen LogP contribution in [0.3, 0.4) is 0 Å². The highest BCUT2D eigenvalue weighted by Crippen LogP contribution is 2.48. The van der Waals surface area contributed by atoms with E-state index in [2.05, 4.69) is 205 Å². The maximum absolute atomic E-state index is 6.31. The summed E-state index contributed by atoms with van der Waals surface area (Å²) in [6.45, 7) is 0. The highest BCUT2D eigenvalue weighted by atomic mass is 16.3. The smallest absolute Gasteiger partial charge is 0.135 e. The standard InChI is InChI=1S/C52H35NO/c1-3-16-36(17-4-1)39-30-32-44(43-24-10-9-22-41(43)37-18-5-2-6-19-37)47(34-39)45-25-11-13-27-50(45)53(49-28-15-21-38-20-7-8-23-42(38)49)40-31-33-52-48(35-40)46-26-12-14-29-51(46)54-52/h1-35H. The van der Waals surface area contributed by atoms with Crippen molar-refractivity contribution in [1.29, 1.82) is 0 Å². The van der Waals surface area contributed by atoms with Crippen LogP contribution in [-0.2, 0) is 0 Å². The summed E-state index contributed by atoms with van der Waals surface area (Å²) in [5, 5.41) is 4.57. The van der Waals surface area contributed by atoms with Gasteiger partial charge in [-0.2, -0.15) is 0 Å². The van der Waals surface area contributed by atoms with E-state index in [4.69, 9.17) is 4.42 Å². The molecule has 0 saturated heterocycles. The summed E-state index contributed by atoms with van der Waals surface area (Å²) in [5.41, 5.74) is 14.4. The van der Waals surface area contributed by atoms with Crippen molar-refractivity contribution >= 4 is 49.8 Å². The zero-order valence-corrected chi connectivity index (χ0v) is 29.6. The van der Waals surface area contributed by atoms with Gasteiger partial charge in [-0.25, -0.2) is 0 Å². The number of hydrogen-bond donors (Lipinski definition) is 0. The molecule has 2 heteroatoms. The summed E-state index contributed by atoms with van der Waals surface area (Å²) in [4.78, 5) is 2.43. The molecule has 1 heterocycles. The molecule has 0 aliphatic rings. The highest BCUT2D eigenvalue weighted by Gasteiger charge is 2.23. The minimum Gasteiger partial charge on any atom is -0.456 e. The first-order chi connectivity index (χ1) is 26.8. The first-order valence-electron chi connectivity index (χ1n) is 18.4. The normalized spacial score (nSPS) is 11.3. The molecule has 10 rings (SSSR count). The molecule has 0 radical (unpaired) electrons. The van der Waals surface area contributed by atoms with Crippen molar-refractivity contribution < 1.29 is 4.42 Å². The number of fused-ring (bicyclic) bond motifs is 4. The Balaban J connectivity index is 1.26. The van der Waals surface area contributed by atoms with Crippen LogP contribution in [-0.4, -0.2) is 0 Å². The maximum Gasteiger partial charge on any atom is 0.135 e. The lowest BCUT2D eigenvalue weighted by atomic mass is 9.86. The first-order valence-corrected chi connectivity index (χ1v) is 18.4. The van der Waals surface area contributed by atoms with Crippen LogP contribution in [0.2, 0.25) is 0 Å². The van der Waals surface area contributed by atoms with Crippen LogP contribution in [0.5, 0.6) is 0 Å². The van der Waals surface area contributed by atoms with E-state index in [-0.39, 0.29) is 0 Å². The van der Waals surface area contributed by atoms with Crippen molar-refractivity contribution in [3.63, 3.8) is 0 Å². The molecule has 0 saturated carbocycles. The largest absolute Gasteiger partial charge is 0.456 e. The van der Waals surface area contributed by atoms with Crippen molar-refractivity contribution in [3.05, 3.63) is 212 Å². The predicted molar refractivity (Wildman–Crippen MR) is 228 cm³/mol. The average Bonchev–Trinajstić information content (AvgIpc) is 3.63. The van der Waals surface area contributed by atoms with Crippen molar-refractivity contribution in [2.45, 2.75) is 0 Å². The number of furan rings is 1. The van der Waals surface area contributed by atoms with Crippen LogP contribution < -0.4 is 4.90 Å². The van der Waals surface area contributed by atoms with Crippen LogP contribution in [0.1, 0.15) is 0 Å². The third-order valence-corrected chi connectivity index (χ3v) is 10.5. The van der Waals surface area contributed by atoms with Crippen LogP contribution in [0.4, 0.5) is 17.1 Å². The second-order valence-electron chi connectivity index (χ2n) is 13.7. The molecular formula is C52H35NO. The Morgan fingerprint density at radius 3 is 1.72 bits per heavy atom. The molecule has 0 atom stereocenters. The molecule has 9 aromatic carbocycles. The monoisotopic (exact) mass is 689 g/mol.